The largest absolute Gasteiger partial charge is 0.322 e. The van der Waals surface area contributed by atoms with Crippen LogP contribution in [0.15, 0.2) is 47.4 Å². The van der Waals surface area contributed by atoms with Gasteiger partial charge in [0.15, 0.2) is 9.84 Å². The highest BCUT2D eigenvalue weighted by Gasteiger charge is 2.12. The normalized spacial score (nSPS) is 11.2. The Hall–Kier alpha value is -1.56. The molecule has 0 saturated heterocycles. The van der Waals surface area contributed by atoms with E-state index in [4.69, 9.17) is 23.2 Å². The van der Waals surface area contributed by atoms with Gasteiger partial charge in [0.05, 0.1) is 15.5 Å². The Morgan fingerprint density at radius 2 is 1.67 bits per heavy atom. The Labute approximate surface area is 132 Å². The number of carbonyl (C=O) groups excluding carboxylic acids is 1. The molecule has 1 N–H and O–H groups in total. The summed E-state index contributed by atoms with van der Waals surface area (Å²) in [4.78, 5) is 12.3. The van der Waals surface area contributed by atoms with E-state index in [-0.39, 0.29) is 15.5 Å². The number of anilines is 1. The number of halogens is 2. The van der Waals surface area contributed by atoms with Crippen LogP contribution < -0.4 is 5.32 Å². The highest BCUT2D eigenvalue weighted by molar-refractivity contribution is 7.90. The van der Waals surface area contributed by atoms with Gasteiger partial charge in [0, 0.05) is 17.0 Å². The molecule has 0 saturated carbocycles. The number of hydrogen-bond donors (Lipinski definition) is 1. The van der Waals surface area contributed by atoms with Gasteiger partial charge in [0.25, 0.3) is 5.91 Å². The van der Waals surface area contributed by atoms with Crippen LogP contribution in [-0.4, -0.2) is 20.6 Å². The molecule has 0 spiro atoms. The third-order valence-corrected chi connectivity index (χ3v) is 4.39. The van der Waals surface area contributed by atoms with Crippen LogP contribution >= 0.6 is 23.2 Å². The van der Waals surface area contributed by atoms with Crippen LogP contribution in [0.1, 0.15) is 10.4 Å². The van der Waals surface area contributed by atoms with Crippen LogP contribution in [0.3, 0.4) is 0 Å². The van der Waals surface area contributed by atoms with Crippen molar-refractivity contribution in [1.82, 2.24) is 0 Å². The van der Waals surface area contributed by atoms with E-state index in [9.17, 15) is 13.2 Å². The van der Waals surface area contributed by atoms with Crippen LogP contribution in [0.2, 0.25) is 10.0 Å². The summed E-state index contributed by atoms with van der Waals surface area (Å²) in [5.41, 5.74) is 0.756. The number of sulfone groups is 1. The molecule has 0 radical (unpaired) electrons. The Morgan fingerprint density at radius 1 is 1.05 bits per heavy atom. The fourth-order valence-electron chi connectivity index (χ4n) is 1.66. The summed E-state index contributed by atoms with van der Waals surface area (Å²) < 4.78 is 22.7. The Bertz CT molecular complexity index is 786. The molecule has 0 aliphatic heterocycles. The maximum atomic E-state index is 12.1. The van der Waals surface area contributed by atoms with E-state index in [2.05, 4.69) is 5.32 Å². The van der Waals surface area contributed by atoms with Gasteiger partial charge in [-0.15, -0.1) is 0 Å². The van der Waals surface area contributed by atoms with Gasteiger partial charge < -0.3 is 5.32 Å². The molecule has 2 aromatic carbocycles. The first kappa shape index (κ1) is 15.8. The first-order valence-corrected chi connectivity index (χ1v) is 8.48. The van der Waals surface area contributed by atoms with Crippen LogP contribution in [-0.2, 0) is 9.84 Å². The lowest BCUT2D eigenvalue weighted by Crippen LogP contribution is -2.12. The fourth-order valence-corrected chi connectivity index (χ4v) is 2.78. The van der Waals surface area contributed by atoms with E-state index in [1.165, 1.54) is 36.4 Å². The first-order valence-electron chi connectivity index (χ1n) is 5.84. The molecule has 0 unspecified atom stereocenters. The molecule has 0 bridgehead atoms. The zero-order valence-corrected chi connectivity index (χ0v) is 13.3. The van der Waals surface area contributed by atoms with Gasteiger partial charge in [-0.05, 0) is 42.5 Å². The van der Waals surface area contributed by atoms with E-state index in [1.807, 2.05) is 0 Å². The van der Waals surface area contributed by atoms with Crippen molar-refractivity contribution in [1.29, 1.82) is 0 Å². The average Bonchev–Trinajstić information content (AvgIpc) is 2.38. The summed E-state index contributed by atoms with van der Waals surface area (Å²) in [5, 5.41) is 3.32. The van der Waals surface area contributed by atoms with Crippen molar-refractivity contribution >= 4 is 44.6 Å². The number of benzene rings is 2. The highest BCUT2D eigenvalue weighted by atomic mass is 35.5. The topological polar surface area (TPSA) is 63.2 Å². The van der Waals surface area contributed by atoms with Crippen molar-refractivity contribution in [3.63, 3.8) is 0 Å². The second kappa shape index (κ2) is 6.05. The summed E-state index contributed by atoms with van der Waals surface area (Å²) in [7, 11) is -3.26. The van der Waals surface area contributed by atoms with Crippen LogP contribution in [0.25, 0.3) is 0 Å². The van der Waals surface area contributed by atoms with Crippen LogP contribution in [0.5, 0.6) is 0 Å². The highest BCUT2D eigenvalue weighted by Crippen LogP contribution is 2.22. The standard InChI is InChI=1S/C14H11Cl2NO3S/c1-21(19,20)11-5-3-10(4-6-11)17-14(18)12-7-2-9(15)8-13(12)16/h2-8H,1H3,(H,17,18). The van der Waals surface area contributed by atoms with Gasteiger partial charge in [-0.1, -0.05) is 23.2 Å². The van der Waals surface area contributed by atoms with Crippen molar-refractivity contribution in [3.8, 4) is 0 Å². The van der Waals surface area contributed by atoms with E-state index < -0.39 is 15.7 Å². The quantitative estimate of drug-likeness (QED) is 0.924. The lowest BCUT2D eigenvalue weighted by Gasteiger charge is -2.07. The lowest BCUT2D eigenvalue weighted by molar-refractivity contribution is 0.102. The van der Waals surface area contributed by atoms with Gasteiger partial charge in [-0.3, -0.25) is 4.79 Å². The Kier molecular flexibility index (Phi) is 4.56. The predicted molar refractivity (Wildman–Crippen MR) is 84.0 cm³/mol. The maximum absolute atomic E-state index is 12.1. The van der Waals surface area contributed by atoms with Gasteiger partial charge in [0.1, 0.15) is 0 Å². The lowest BCUT2D eigenvalue weighted by atomic mass is 10.2. The summed E-state index contributed by atoms with van der Waals surface area (Å²) >= 11 is 11.7. The number of nitrogens with one attached hydrogen (secondary N) is 1. The minimum Gasteiger partial charge on any atom is -0.322 e. The van der Waals surface area contributed by atoms with E-state index >= 15 is 0 Å². The van der Waals surface area contributed by atoms with E-state index in [1.54, 1.807) is 6.07 Å². The minimum absolute atomic E-state index is 0.185. The fraction of sp³-hybridized carbons (Fsp3) is 0.0714. The van der Waals surface area contributed by atoms with Gasteiger partial charge >= 0.3 is 0 Å². The van der Waals surface area contributed by atoms with Crippen molar-refractivity contribution in [2.24, 2.45) is 0 Å². The van der Waals surface area contributed by atoms with Gasteiger partial charge in [0.2, 0.25) is 0 Å². The number of rotatable bonds is 3. The Morgan fingerprint density at radius 3 is 2.19 bits per heavy atom. The SMILES string of the molecule is CS(=O)(=O)c1ccc(NC(=O)c2ccc(Cl)cc2Cl)cc1. The molecule has 21 heavy (non-hydrogen) atoms. The molecule has 0 aliphatic rings. The molecule has 7 heteroatoms. The molecule has 0 heterocycles. The molecule has 0 fully saturated rings. The molecule has 0 atom stereocenters. The molecule has 0 aliphatic carbocycles. The summed E-state index contributed by atoms with van der Waals surface area (Å²) in [6.07, 6.45) is 1.12. The van der Waals surface area contributed by atoms with Crippen molar-refractivity contribution < 1.29 is 13.2 Å². The molecule has 4 nitrogen and oxygen atoms in total. The third kappa shape index (κ3) is 3.97. The van der Waals surface area contributed by atoms with E-state index in [0.717, 1.165) is 6.26 Å². The average molecular weight is 344 g/mol. The molecule has 2 aromatic rings. The second-order valence-electron chi connectivity index (χ2n) is 4.37. The van der Waals surface area contributed by atoms with Crippen LogP contribution in [0.4, 0.5) is 5.69 Å². The summed E-state index contributed by atoms with van der Waals surface area (Å²) in [5.74, 6) is -0.399. The van der Waals surface area contributed by atoms with Crippen molar-refractivity contribution in [2.75, 3.05) is 11.6 Å². The smallest absolute Gasteiger partial charge is 0.257 e. The van der Waals surface area contributed by atoms with Crippen LogP contribution in [0, 0.1) is 0 Å². The predicted octanol–water partition coefficient (Wildman–Crippen LogP) is 3.65. The number of carbonyl (C=O) groups is 1. The summed E-state index contributed by atoms with van der Waals surface area (Å²) in [6, 6.07) is 10.4. The maximum Gasteiger partial charge on any atom is 0.257 e. The second-order valence-corrected chi connectivity index (χ2v) is 7.23. The number of hydrogen-bond acceptors (Lipinski definition) is 3. The van der Waals surface area contributed by atoms with Crippen molar-refractivity contribution in [2.45, 2.75) is 4.90 Å². The molecule has 0 aromatic heterocycles. The first-order chi connectivity index (χ1) is 9.77. The van der Waals surface area contributed by atoms with E-state index in [0.29, 0.717) is 10.7 Å². The molecule has 2 rings (SSSR count). The minimum atomic E-state index is -3.26. The number of amides is 1. The zero-order valence-electron chi connectivity index (χ0n) is 10.9. The molecular weight excluding hydrogens is 333 g/mol. The molecular formula is C14H11Cl2NO3S. The molecule has 110 valence electrons. The van der Waals surface area contributed by atoms with Gasteiger partial charge in [-0.2, -0.15) is 0 Å². The summed E-state index contributed by atoms with van der Waals surface area (Å²) in [6.45, 7) is 0. The Balaban J connectivity index is 2.20. The third-order valence-electron chi connectivity index (χ3n) is 2.72. The van der Waals surface area contributed by atoms with Gasteiger partial charge in [-0.25, -0.2) is 8.42 Å². The monoisotopic (exact) mass is 343 g/mol. The zero-order chi connectivity index (χ0) is 15.6. The van der Waals surface area contributed by atoms with Crippen molar-refractivity contribution in [3.05, 3.63) is 58.1 Å². The molecule has 1 amide bonds.